The number of alkyl halides is 3. The lowest BCUT2D eigenvalue weighted by molar-refractivity contribution is -0.138. The van der Waals surface area contributed by atoms with Crippen molar-refractivity contribution in [3.63, 3.8) is 0 Å². The summed E-state index contributed by atoms with van der Waals surface area (Å²) in [6.45, 7) is 6.59. The summed E-state index contributed by atoms with van der Waals surface area (Å²) in [4.78, 5) is 15.3. The molecule has 2 heterocycles. The predicted octanol–water partition coefficient (Wildman–Crippen LogP) is 3.79. The molecule has 1 fully saturated rings. The number of halogens is 3. The molecule has 1 saturated carbocycles. The molecule has 0 aromatic carbocycles. The van der Waals surface area contributed by atoms with Crippen molar-refractivity contribution in [2.75, 3.05) is 5.32 Å². The first-order valence-electron chi connectivity index (χ1n) is 9.30. The first kappa shape index (κ1) is 21.9. The third-order valence-corrected chi connectivity index (χ3v) is 4.78. The van der Waals surface area contributed by atoms with E-state index in [1.54, 1.807) is 20.8 Å². The average molecular weight is 428 g/mol. The lowest BCUT2D eigenvalue weighted by Gasteiger charge is -2.33. The van der Waals surface area contributed by atoms with Gasteiger partial charge in [0.05, 0.1) is 29.7 Å². The lowest BCUT2D eigenvalue weighted by Crippen LogP contribution is -2.39. The van der Waals surface area contributed by atoms with Gasteiger partial charge in [-0.2, -0.15) is 18.3 Å². The van der Waals surface area contributed by atoms with Gasteiger partial charge in [-0.05, 0) is 40.5 Å². The second-order valence-electron chi connectivity index (χ2n) is 8.29. The Morgan fingerprint density at radius 3 is 2.40 bits per heavy atom. The van der Waals surface area contributed by atoms with E-state index >= 15 is 0 Å². The van der Waals surface area contributed by atoms with Crippen LogP contribution in [0.3, 0.4) is 0 Å². The minimum Gasteiger partial charge on any atom is -0.476 e. The molecule has 8 nitrogen and oxygen atoms in total. The van der Waals surface area contributed by atoms with Crippen molar-refractivity contribution in [3.8, 4) is 11.6 Å². The number of hydrogen-bond acceptors (Lipinski definition) is 6. The topological polar surface area (TPSA) is 110 Å². The van der Waals surface area contributed by atoms with Crippen molar-refractivity contribution >= 4 is 11.7 Å². The molecule has 0 aliphatic heterocycles. The molecule has 164 valence electrons. The summed E-state index contributed by atoms with van der Waals surface area (Å²) >= 11 is 0. The zero-order chi connectivity index (χ0) is 22.4. The van der Waals surface area contributed by atoms with Crippen molar-refractivity contribution in [1.29, 1.82) is 0 Å². The van der Waals surface area contributed by atoms with Crippen LogP contribution in [0, 0.1) is 6.92 Å². The van der Waals surface area contributed by atoms with Crippen LogP contribution in [0.2, 0.25) is 0 Å². The number of ether oxygens (including phenoxy) is 1. The molecule has 0 atom stereocenters. The highest BCUT2D eigenvalue weighted by Gasteiger charge is 2.40. The molecule has 0 amide bonds. The molecule has 1 aliphatic rings. The second kappa shape index (κ2) is 7.46. The average Bonchev–Trinajstić information content (AvgIpc) is 2.90. The Labute approximate surface area is 170 Å². The van der Waals surface area contributed by atoms with Gasteiger partial charge >= 0.3 is 12.1 Å². The Hall–Kier alpha value is -2.82. The number of nitrogens with one attached hydrogen (secondary N) is 1. The number of pyridine rings is 1. The molecule has 2 aromatic heterocycles. The zero-order valence-electron chi connectivity index (χ0n) is 16.9. The molecule has 3 N–H and O–H groups in total. The third kappa shape index (κ3) is 4.20. The Kier molecular flexibility index (Phi) is 5.44. The van der Waals surface area contributed by atoms with Crippen LogP contribution in [0.1, 0.15) is 55.2 Å². The molecular weight excluding hydrogens is 405 g/mol. The van der Waals surface area contributed by atoms with E-state index in [-0.39, 0.29) is 28.9 Å². The molecular formula is C19H23F3N4O4. The number of anilines is 1. The highest BCUT2D eigenvalue weighted by molar-refractivity contribution is 5.87. The number of carboxylic acid groups (broad SMARTS) is 1. The molecule has 0 radical (unpaired) electrons. The molecule has 0 unspecified atom stereocenters. The smallest absolute Gasteiger partial charge is 0.422 e. The van der Waals surface area contributed by atoms with Crippen LogP contribution in [-0.4, -0.2) is 43.1 Å². The quantitative estimate of drug-likeness (QED) is 0.665. The van der Waals surface area contributed by atoms with Crippen LogP contribution >= 0.6 is 0 Å². The number of carbonyl (C=O) groups is 1. The predicted molar refractivity (Wildman–Crippen MR) is 101 cm³/mol. The van der Waals surface area contributed by atoms with Crippen molar-refractivity contribution in [3.05, 3.63) is 29.2 Å². The van der Waals surface area contributed by atoms with Crippen molar-refractivity contribution in [1.82, 2.24) is 14.8 Å². The van der Waals surface area contributed by atoms with E-state index in [0.29, 0.717) is 12.8 Å². The van der Waals surface area contributed by atoms with Gasteiger partial charge in [0, 0.05) is 11.6 Å². The Balaban J connectivity index is 2.08. The van der Waals surface area contributed by atoms with Gasteiger partial charge in [-0.3, -0.25) is 4.98 Å². The number of aliphatic hydroxyl groups excluding tert-OH is 1. The van der Waals surface area contributed by atoms with Crippen molar-refractivity contribution in [2.24, 2.45) is 0 Å². The maximum atomic E-state index is 13.9. The largest absolute Gasteiger partial charge is 0.476 e. The number of aromatic carboxylic acids is 1. The molecule has 0 saturated heterocycles. The molecule has 1 aliphatic carbocycles. The van der Waals surface area contributed by atoms with Crippen LogP contribution in [0.25, 0.3) is 0 Å². The van der Waals surface area contributed by atoms with Crippen molar-refractivity contribution < 1.29 is 32.9 Å². The number of aromatic nitrogens is 3. The minimum atomic E-state index is -4.76. The van der Waals surface area contributed by atoms with Gasteiger partial charge in [0.2, 0.25) is 5.88 Å². The van der Waals surface area contributed by atoms with Gasteiger partial charge in [-0.15, -0.1) is 0 Å². The summed E-state index contributed by atoms with van der Waals surface area (Å²) < 4.78 is 48.6. The zero-order valence-corrected chi connectivity index (χ0v) is 16.9. The van der Waals surface area contributed by atoms with E-state index < -0.39 is 35.1 Å². The first-order valence-corrected chi connectivity index (χ1v) is 9.30. The van der Waals surface area contributed by atoms with E-state index in [1.165, 1.54) is 11.6 Å². The molecule has 30 heavy (non-hydrogen) atoms. The highest BCUT2D eigenvalue weighted by atomic mass is 19.4. The molecule has 3 rings (SSSR count). The van der Waals surface area contributed by atoms with Gasteiger partial charge in [-0.25, -0.2) is 9.48 Å². The fraction of sp³-hybridized carbons (Fsp3) is 0.526. The summed E-state index contributed by atoms with van der Waals surface area (Å²) in [5, 5.41) is 25.5. The number of carboxylic acids is 1. The molecule has 2 aromatic rings. The van der Waals surface area contributed by atoms with Crippen LogP contribution in [0.5, 0.6) is 11.6 Å². The van der Waals surface area contributed by atoms with E-state index in [2.05, 4.69) is 15.4 Å². The van der Waals surface area contributed by atoms with Crippen LogP contribution < -0.4 is 10.1 Å². The summed E-state index contributed by atoms with van der Waals surface area (Å²) in [6, 6.07) is -0.307. The maximum absolute atomic E-state index is 13.9. The SMILES string of the molecule is Cc1c(C(=O)O)nn(C(C)(C)C)c1Oc1cncc(NC2CC(O)C2)c1C(F)(F)F. The highest BCUT2D eigenvalue weighted by Crippen LogP contribution is 2.44. The fourth-order valence-corrected chi connectivity index (χ4v) is 3.21. The number of aliphatic hydroxyl groups is 1. The summed E-state index contributed by atoms with van der Waals surface area (Å²) in [6.07, 6.45) is -2.65. The molecule has 0 bridgehead atoms. The maximum Gasteiger partial charge on any atom is 0.422 e. The van der Waals surface area contributed by atoms with Gasteiger partial charge in [-0.1, -0.05) is 0 Å². The van der Waals surface area contributed by atoms with Crippen LogP contribution in [-0.2, 0) is 11.7 Å². The van der Waals surface area contributed by atoms with Gasteiger partial charge in [0.15, 0.2) is 11.4 Å². The Morgan fingerprint density at radius 2 is 1.90 bits per heavy atom. The number of hydrogen-bond donors (Lipinski definition) is 3. The molecule has 0 spiro atoms. The van der Waals surface area contributed by atoms with E-state index in [4.69, 9.17) is 4.74 Å². The molecule has 11 heteroatoms. The van der Waals surface area contributed by atoms with Gasteiger partial charge in [0.1, 0.15) is 5.56 Å². The van der Waals surface area contributed by atoms with E-state index in [0.717, 1.165) is 12.4 Å². The summed E-state index contributed by atoms with van der Waals surface area (Å²) in [5.41, 5.74) is -2.28. The summed E-state index contributed by atoms with van der Waals surface area (Å²) in [5.74, 6) is -1.99. The third-order valence-electron chi connectivity index (χ3n) is 4.78. The summed E-state index contributed by atoms with van der Waals surface area (Å²) in [7, 11) is 0. The van der Waals surface area contributed by atoms with Crippen LogP contribution in [0.4, 0.5) is 18.9 Å². The van der Waals surface area contributed by atoms with E-state index in [1.807, 2.05) is 0 Å². The lowest BCUT2D eigenvalue weighted by atomic mass is 9.89. The second-order valence-corrected chi connectivity index (χ2v) is 8.29. The fourth-order valence-electron chi connectivity index (χ4n) is 3.21. The number of rotatable bonds is 5. The Bertz CT molecular complexity index is 960. The minimum absolute atomic E-state index is 0.103. The number of nitrogens with zero attached hydrogens (tertiary/aromatic N) is 3. The standard InChI is InChI=1S/C19H23F3N4O4/c1-9-15(17(28)29)25-26(18(2,3)4)16(9)30-13-8-23-7-12(14(13)19(20,21)22)24-10-5-11(27)6-10/h7-8,10-11,24,27H,5-6H2,1-4H3,(H,28,29). The Morgan fingerprint density at radius 1 is 1.27 bits per heavy atom. The normalized spacial score (nSPS) is 19.3. The monoisotopic (exact) mass is 428 g/mol. The van der Waals surface area contributed by atoms with Crippen molar-refractivity contribution in [2.45, 2.75) is 64.4 Å². The van der Waals surface area contributed by atoms with Crippen LogP contribution in [0.15, 0.2) is 12.4 Å². The van der Waals surface area contributed by atoms with Gasteiger partial charge < -0.3 is 20.3 Å². The first-order chi connectivity index (χ1) is 13.8. The van der Waals surface area contributed by atoms with Gasteiger partial charge in [0.25, 0.3) is 0 Å². The van der Waals surface area contributed by atoms with E-state index in [9.17, 15) is 28.2 Å².